The van der Waals surface area contributed by atoms with Gasteiger partial charge in [0.2, 0.25) is 10.0 Å². The Balaban J connectivity index is 1.72. The molecule has 2 fully saturated rings. The molecule has 0 saturated carbocycles. The number of halogens is 1. The van der Waals surface area contributed by atoms with E-state index in [1.165, 1.54) is 41.8 Å². The van der Waals surface area contributed by atoms with Gasteiger partial charge >= 0.3 is 0 Å². The van der Waals surface area contributed by atoms with E-state index in [2.05, 4.69) is 24.1 Å². The van der Waals surface area contributed by atoms with E-state index in [-0.39, 0.29) is 26.9 Å². The normalized spacial score (nSPS) is 19.7. The summed E-state index contributed by atoms with van der Waals surface area (Å²) in [5.74, 6) is -0.339. The summed E-state index contributed by atoms with van der Waals surface area (Å²) in [5.41, 5.74) is 0.0401. The molecule has 2 aliphatic heterocycles. The van der Waals surface area contributed by atoms with Crippen LogP contribution < -0.4 is 5.32 Å². The first-order valence-corrected chi connectivity index (χ1v) is 11.9. The molecule has 2 aliphatic rings. The SMILES string of the molecule is CC(C)(CNC(=O)c1cc(S(=O)(=O)N2CCCC2)ccc1Cl)N1CCCCC1. The number of carbonyl (C=O) groups excluding carboxylic acids is 1. The minimum atomic E-state index is -3.59. The predicted molar refractivity (Wildman–Crippen MR) is 111 cm³/mol. The Bertz CT molecular complexity index is 814. The maximum Gasteiger partial charge on any atom is 0.252 e. The van der Waals surface area contributed by atoms with Crippen LogP contribution in [-0.2, 0) is 10.0 Å². The number of nitrogens with one attached hydrogen (secondary N) is 1. The highest BCUT2D eigenvalue weighted by Crippen LogP contribution is 2.26. The molecule has 1 aromatic rings. The van der Waals surface area contributed by atoms with Crippen LogP contribution in [-0.4, -0.2) is 61.8 Å². The third kappa shape index (κ3) is 4.70. The maximum atomic E-state index is 12.8. The molecule has 0 atom stereocenters. The van der Waals surface area contributed by atoms with E-state index in [1.807, 2.05) is 0 Å². The molecule has 8 heteroatoms. The van der Waals surface area contributed by atoms with Crippen LogP contribution in [0.5, 0.6) is 0 Å². The number of sulfonamides is 1. The Labute approximate surface area is 173 Å². The molecule has 0 bridgehead atoms. The van der Waals surface area contributed by atoms with Crippen LogP contribution >= 0.6 is 11.6 Å². The third-order valence-electron chi connectivity index (χ3n) is 5.78. The first-order chi connectivity index (χ1) is 13.2. The summed E-state index contributed by atoms with van der Waals surface area (Å²) >= 11 is 6.22. The van der Waals surface area contributed by atoms with E-state index in [0.717, 1.165) is 25.9 Å². The number of hydrogen-bond donors (Lipinski definition) is 1. The van der Waals surface area contributed by atoms with Gasteiger partial charge in [-0.25, -0.2) is 8.42 Å². The largest absolute Gasteiger partial charge is 0.350 e. The minimum Gasteiger partial charge on any atom is -0.350 e. The standard InChI is InChI=1S/C20H30ClN3O3S/c1-20(2,23-10-4-3-5-11-23)15-22-19(25)17-14-16(8-9-18(17)21)28(26,27)24-12-6-7-13-24/h8-9,14H,3-7,10-13,15H2,1-2H3,(H,22,25). The lowest BCUT2D eigenvalue weighted by Gasteiger charge is -2.41. The Morgan fingerprint density at radius 1 is 1.07 bits per heavy atom. The van der Waals surface area contributed by atoms with E-state index >= 15 is 0 Å². The molecule has 0 aromatic heterocycles. The summed E-state index contributed by atoms with van der Waals surface area (Å²) in [6.07, 6.45) is 5.35. The molecule has 156 valence electrons. The van der Waals surface area contributed by atoms with Crippen LogP contribution in [0.3, 0.4) is 0 Å². The second kappa shape index (κ2) is 8.69. The van der Waals surface area contributed by atoms with E-state index in [9.17, 15) is 13.2 Å². The number of nitrogens with zero attached hydrogens (tertiary/aromatic N) is 2. The monoisotopic (exact) mass is 427 g/mol. The fourth-order valence-corrected chi connectivity index (χ4v) is 5.67. The number of carbonyl (C=O) groups is 1. The van der Waals surface area contributed by atoms with Gasteiger partial charge in [-0.3, -0.25) is 9.69 Å². The first kappa shape index (κ1) is 21.6. The molecule has 28 heavy (non-hydrogen) atoms. The summed E-state index contributed by atoms with van der Waals surface area (Å²) in [7, 11) is -3.59. The summed E-state index contributed by atoms with van der Waals surface area (Å²) in [6.45, 7) is 7.83. The van der Waals surface area contributed by atoms with Crippen LogP contribution in [0.1, 0.15) is 56.3 Å². The smallest absolute Gasteiger partial charge is 0.252 e. The van der Waals surface area contributed by atoms with Gasteiger partial charge in [-0.1, -0.05) is 18.0 Å². The predicted octanol–water partition coefficient (Wildman–Crippen LogP) is 3.12. The molecular formula is C20H30ClN3O3S. The quantitative estimate of drug-likeness (QED) is 0.757. The second-order valence-electron chi connectivity index (χ2n) is 8.30. The highest BCUT2D eigenvalue weighted by atomic mass is 35.5. The van der Waals surface area contributed by atoms with Crippen molar-refractivity contribution in [2.24, 2.45) is 0 Å². The van der Waals surface area contributed by atoms with Gasteiger partial charge in [-0.15, -0.1) is 0 Å². The summed E-state index contributed by atoms with van der Waals surface area (Å²) in [4.78, 5) is 15.3. The lowest BCUT2D eigenvalue weighted by molar-refractivity contribution is 0.0797. The van der Waals surface area contributed by atoms with Crippen molar-refractivity contribution in [2.75, 3.05) is 32.7 Å². The molecule has 1 aromatic carbocycles. The fraction of sp³-hybridized carbons (Fsp3) is 0.650. The van der Waals surface area contributed by atoms with Crippen LogP contribution in [0.25, 0.3) is 0 Å². The second-order valence-corrected chi connectivity index (χ2v) is 10.6. The molecule has 0 radical (unpaired) electrons. The van der Waals surface area contributed by atoms with Crippen molar-refractivity contribution >= 4 is 27.5 Å². The lowest BCUT2D eigenvalue weighted by Crippen LogP contribution is -2.53. The van der Waals surface area contributed by atoms with Crippen molar-refractivity contribution in [3.63, 3.8) is 0 Å². The Hall–Kier alpha value is -1.15. The molecule has 0 unspecified atom stereocenters. The first-order valence-electron chi connectivity index (χ1n) is 10.0. The van der Waals surface area contributed by atoms with Gasteiger partial charge in [0, 0.05) is 25.2 Å². The number of amides is 1. The zero-order valence-electron chi connectivity index (χ0n) is 16.7. The van der Waals surface area contributed by atoms with Gasteiger partial charge < -0.3 is 5.32 Å². The van der Waals surface area contributed by atoms with Gasteiger partial charge in [-0.2, -0.15) is 4.31 Å². The van der Waals surface area contributed by atoms with Crippen LogP contribution in [0, 0.1) is 0 Å². The number of likely N-dealkylation sites (tertiary alicyclic amines) is 1. The average Bonchev–Trinajstić information content (AvgIpc) is 3.23. The van der Waals surface area contributed by atoms with Crippen molar-refractivity contribution in [1.82, 2.24) is 14.5 Å². The molecule has 3 rings (SSSR count). The Morgan fingerprint density at radius 2 is 1.68 bits per heavy atom. The van der Waals surface area contributed by atoms with Crippen LogP contribution in [0.4, 0.5) is 0 Å². The number of piperidine rings is 1. The van der Waals surface area contributed by atoms with Crippen LogP contribution in [0.2, 0.25) is 5.02 Å². The lowest BCUT2D eigenvalue weighted by atomic mass is 9.98. The highest BCUT2D eigenvalue weighted by Gasteiger charge is 2.30. The molecular weight excluding hydrogens is 398 g/mol. The summed E-state index contributed by atoms with van der Waals surface area (Å²) in [6, 6.07) is 4.37. The molecule has 2 saturated heterocycles. The van der Waals surface area contributed by atoms with Crippen molar-refractivity contribution in [1.29, 1.82) is 0 Å². The van der Waals surface area contributed by atoms with Crippen LogP contribution in [0.15, 0.2) is 23.1 Å². The van der Waals surface area contributed by atoms with Gasteiger partial charge in [0.05, 0.1) is 15.5 Å². The van der Waals surface area contributed by atoms with E-state index in [1.54, 1.807) is 0 Å². The zero-order chi connectivity index (χ0) is 20.4. The Kier molecular flexibility index (Phi) is 6.69. The van der Waals surface area contributed by atoms with Crippen molar-refractivity contribution in [2.45, 2.75) is 56.4 Å². The highest BCUT2D eigenvalue weighted by molar-refractivity contribution is 7.89. The molecule has 1 N–H and O–H groups in total. The van der Waals surface area contributed by atoms with Gasteiger partial charge in [0.25, 0.3) is 5.91 Å². The molecule has 1 amide bonds. The maximum absolute atomic E-state index is 12.8. The topological polar surface area (TPSA) is 69.7 Å². The van der Waals surface area contributed by atoms with Gasteiger partial charge in [0.1, 0.15) is 0 Å². The van der Waals surface area contributed by atoms with E-state index in [4.69, 9.17) is 11.6 Å². The fourth-order valence-electron chi connectivity index (χ4n) is 3.92. The van der Waals surface area contributed by atoms with Crippen molar-refractivity contribution in [3.8, 4) is 0 Å². The molecule has 6 nitrogen and oxygen atoms in total. The third-order valence-corrected chi connectivity index (χ3v) is 8.00. The number of hydrogen-bond acceptors (Lipinski definition) is 4. The molecule has 0 spiro atoms. The summed E-state index contributed by atoms with van der Waals surface area (Å²) in [5, 5.41) is 3.21. The summed E-state index contributed by atoms with van der Waals surface area (Å²) < 4.78 is 27.0. The Morgan fingerprint density at radius 3 is 2.32 bits per heavy atom. The van der Waals surface area contributed by atoms with E-state index in [0.29, 0.717) is 19.6 Å². The van der Waals surface area contributed by atoms with E-state index < -0.39 is 10.0 Å². The van der Waals surface area contributed by atoms with Crippen molar-refractivity contribution < 1.29 is 13.2 Å². The zero-order valence-corrected chi connectivity index (χ0v) is 18.3. The van der Waals surface area contributed by atoms with Gasteiger partial charge in [0.15, 0.2) is 0 Å². The number of rotatable bonds is 6. The minimum absolute atomic E-state index is 0.124. The van der Waals surface area contributed by atoms with Crippen molar-refractivity contribution in [3.05, 3.63) is 28.8 Å². The molecule has 2 heterocycles. The van der Waals surface area contributed by atoms with Gasteiger partial charge in [-0.05, 0) is 70.8 Å². The molecule has 0 aliphatic carbocycles. The average molecular weight is 428 g/mol. The number of benzene rings is 1.